The van der Waals surface area contributed by atoms with E-state index in [0.717, 1.165) is 57.2 Å². The molecule has 0 aliphatic carbocycles. The summed E-state index contributed by atoms with van der Waals surface area (Å²) in [5.41, 5.74) is 3.40. The van der Waals surface area contributed by atoms with Gasteiger partial charge in [0.05, 0.1) is 18.4 Å². The summed E-state index contributed by atoms with van der Waals surface area (Å²) in [6, 6.07) is 21.2. The largest absolute Gasteiger partial charge is 0.493 e. The van der Waals surface area contributed by atoms with Crippen LogP contribution in [0.5, 0.6) is 5.75 Å². The number of ether oxygens (including phenoxy) is 1. The van der Waals surface area contributed by atoms with Gasteiger partial charge in [0, 0.05) is 25.6 Å². The predicted molar refractivity (Wildman–Crippen MR) is 137 cm³/mol. The molecule has 3 heterocycles. The third-order valence-electron chi connectivity index (χ3n) is 7.44. The van der Waals surface area contributed by atoms with Crippen LogP contribution in [-0.4, -0.2) is 48.5 Å². The van der Waals surface area contributed by atoms with Crippen LogP contribution in [0, 0.1) is 11.8 Å². The van der Waals surface area contributed by atoms with Crippen molar-refractivity contribution in [2.24, 2.45) is 11.8 Å². The van der Waals surface area contributed by atoms with Gasteiger partial charge in [-0.25, -0.2) is 0 Å². The van der Waals surface area contributed by atoms with E-state index in [1.807, 2.05) is 11.0 Å². The molecule has 184 valence electrons. The van der Waals surface area contributed by atoms with Crippen molar-refractivity contribution >= 4 is 5.91 Å². The van der Waals surface area contributed by atoms with Gasteiger partial charge in [-0.3, -0.25) is 9.69 Å². The Hall–Kier alpha value is -3.05. The number of piperidine rings is 2. The number of nitrogens with zero attached hydrogens (tertiary/aromatic N) is 2. The lowest BCUT2D eigenvalue weighted by atomic mass is 9.90. The highest BCUT2D eigenvalue weighted by Gasteiger charge is 2.25. The smallest absolute Gasteiger partial charge is 0.257 e. The molecule has 1 amide bonds. The van der Waals surface area contributed by atoms with Crippen LogP contribution >= 0.6 is 0 Å². The molecule has 2 fully saturated rings. The third kappa shape index (κ3) is 6.55. The molecule has 0 saturated carbocycles. The molecule has 5 heteroatoms. The van der Waals surface area contributed by atoms with Crippen LogP contribution in [0.3, 0.4) is 0 Å². The normalized spacial score (nSPS) is 19.5. The summed E-state index contributed by atoms with van der Waals surface area (Å²) in [5.74, 6) is 2.13. The van der Waals surface area contributed by atoms with E-state index in [1.165, 1.54) is 36.7 Å². The molecule has 2 aromatic carbocycles. The molecule has 2 saturated heterocycles. The molecule has 1 atom stereocenters. The molecule has 5 nitrogen and oxygen atoms in total. The molecule has 5 rings (SSSR count). The monoisotopic (exact) mass is 472 g/mol. The molecule has 35 heavy (non-hydrogen) atoms. The maximum atomic E-state index is 12.6. The number of carbonyl (C=O) groups is 1. The highest BCUT2D eigenvalue weighted by Crippen LogP contribution is 2.25. The van der Waals surface area contributed by atoms with Gasteiger partial charge in [0.2, 0.25) is 0 Å². The third-order valence-corrected chi connectivity index (χ3v) is 7.44. The molecule has 0 bridgehead atoms. The maximum Gasteiger partial charge on any atom is 0.257 e. The number of benzene rings is 2. The van der Waals surface area contributed by atoms with Gasteiger partial charge >= 0.3 is 0 Å². The predicted octanol–water partition coefficient (Wildman–Crippen LogP) is 5.67. The fourth-order valence-corrected chi connectivity index (χ4v) is 5.46. The zero-order valence-electron chi connectivity index (χ0n) is 20.5. The number of rotatable bonds is 8. The summed E-state index contributed by atoms with van der Waals surface area (Å²) in [6.45, 7) is 5.48. The van der Waals surface area contributed by atoms with Crippen molar-refractivity contribution < 1.29 is 13.9 Å². The molecule has 0 spiro atoms. The Bertz CT molecular complexity index is 1060. The summed E-state index contributed by atoms with van der Waals surface area (Å²) in [6.07, 6.45) is 8.91. The Labute approximate surface area is 208 Å². The van der Waals surface area contributed by atoms with Gasteiger partial charge in [0.1, 0.15) is 12.0 Å². The highest BCUT2D eigenvalue weighted by molar-refractivity contribution is 5.93. The first-order valence-corrected chi connectivity index (χ1v) is 13.0. The molecular weight excluding hydrogens is 436 g/mol. The topological polar surface area (TPSA) is 45.9 Å². The molecular formula is C30H36N2O3. The SMILES string of the molecule is O=C(c1ccoc1)N1CCCC(COc2cccc(CN3CCC(Cc4ccccc4)CC3)c2)C1. The van der Waals surface area contributed by atoms with E-state index >= 15 is 0 Å². The number of furan rings is 1. The number of carbonyl (C=O) groups excluding carboxylic acids is 1. The highest BCUT2D eigenvalue weighted by atomic mass is 16.5. The second-order valence-electron chi connectivity index (χ2n) is 10.1. The van der Waals surface area contributed by atoms with E-state index in [2.05, 4.69) is 53.4 Å². The van der Waals surface area contributed by atoms with Crippen molar-refractivity contribution in [3.63, 3.8) is 0 Å². The first-order valence-electron chi connectivity index (χ1n) is 13.0. The molecule has 2 aliphatic rings. The Morgan fingerprint density at radius 2 is 1.74 bits per heavy atom. The Morgan fingerprint density at radius 1 is 0.914 bits per heavy atom. The van der Waals surface area contributed by atoms with Crippen molar-refractivity contribution in [1.29, 1.82) is 0 Å². The lowest BCUT2D eigenvalue weighted by Gasteiger charge is -2.32. The fraction of sp³-hybridized carbons (Fsp3) is 0.433. The summed E-state index contributed by atoms with van der Waals surface area (Å²) in [5, 5.41) is 0. The van der Waals surface area contributed by atoms with Crippen LogP contribution in [0.25, 0.3) is 0 Å². The van der Waals surface area contributed by atoms with Crippen LogP contribution in [0.4, 0.5) is 0 Å². The summed E-state index contributed by atoms with van der Waals surface area (Å²) < 4.78 is 11.3. The van der Waals surface area contributed by atoms with Gasteiger partial charge in [0.15, 0.2) is 0 Å². The van der Waals surface area contributed by atoms with Crippen LogP contribution in [0.2, 0.25) is 0 Å². The quantitative estimate of drug-likeness (QED) is 0.424. The first-order chi connectivity index (χ1) is 17.2. The van der Waals surface area contributed by atoms with Gasteiger partial charge < -0.3 is 14.1 Å². The zero-order valence-corrected chi connectivity index (χ0v) is 20.5. The summed E-state index contributed by atoms with van der Waals surface area (Å²) in [7, 11) is 0. The summed E-state index contributed by atoms with van der Waals surface area (Å²) in [4.78, 5) is 17.1. The Morgan fingerprint density at radius 3 is 2.54 bits per heavy atom. The zero-order chi connectivity index (χ0) is 23.9. The van der Waals surface area contributed by atoms with E-state index in [1.54, 1.807) is 12.3 Å². The van der Waals surface area contributed by atoms with E-state index in [0.29, 0.717) is 18.1 Å². The van der Waals surface area contributed by atoms with Crippen molar-refractivity contribution in [2.75, 3.05) is 32.8 Å². The lowest BCUT2D eigenvalue weighted by Crippen LogP contribution is -2.41. The molecule has 1 unspecified atom stereocenters. The van der Waals surface area contributed by atoms with Crippen LogP contribution in [0.15, 0.2) is 77.6 Å². The minimum absolute atomic E-state index is 0.0537. The van der Waals surface area contributed by atoms with Crippen LogP contribution in [-0.2, 0) is 13.0 Å². The molecule has 0 N–H and O–H groups in total. The van der Waals surface area contributed by atoms with Crippen molar-refractivity contribution in [2.45, 2.75) is 38.6 Å². The Balaban J connectivity index is 1.07. The van der Waals surface area contributed by atoms with Gasteiger partial charge in [-0.15, -0.1) is 0 Å². The first kappa shape index (κ1) is 23.7. The van der Waals surface area contributed by atoms with E-state index in [4.69, 9.17) is 9.15 Å². The van der Waals surface area contributed by atoms with Gasteiger partial charge in [-0.2, -0.15) is 0 Å². The van der Waals surface area contributed by atoms with Crippen molar-refractivity contribution in [1.82, 2.24) is 9.80 Å². The van der Waals surface area contributed by atoms with E-state index in [9.17, 15) is 4.79 Å². The van der Waals surface area contributed by atoms with Crippen LogP contribution in [0.1, 0.15) is 47.2 Å². The maximum absolute atomic E-state index is 12.6. The second-order valence-corrected chi connectivity index (χ2v) is 10.1. The van der Waals surface area contributed by atoms with E-state index in [-0.39, 0.29) is 5.91 Å². The summed E-state index contributed by atoms with van der Waals surface area (Å²) >= 11 is 0. The average Bonchev–Trinajstić information content (AvgIpc) is 3.44. The molecule has 0 radical (unpaired) electrons. The second kappa shape index (κ2) is 11.6. The number of hydrogen-bond donors (Lipinski definition) is 0. The molecule has 2 aliphatic heterocycles. The number of hydrogen-bond acceptors (Lipinski definition) is 4. The van der Waals surface area contributed by atoms with Gasteiger partial charge in [-0.05, 0) is 80.4 Å². The Kier molecular flexibility index (Phi) is 7.84. The van der Waals surface area contributed by atoms with Gasteiger partial charge in [0.25, 0.3) is 5.91 Å². The van der Waals surface area contributed by atoms with E-state index < -0.39 is 0 Å². The number of likely N-dealkylation sites (tertiary alicyclic amines) is 2. The average molecular weight is 473 g/mol. The van der Waals surface area contributed by atoms with Crippen LogP contribution < -0.4 is 4.74 Å². The lowest BCUT2D eigenvalue weighted by molar-refractivity contribution is 0.0632. The fourth-order valence-electron chi connectivity index (χ4n) is 5.46. The minimum atomic E-state index is 0.0537. The van der Waals surface area contributed by atoms with Crippen molar-refractivity contribution in [3.8, 4) is 5.75 Å². The molecule has 1 aromatic heterocycles. The number of amides is 1. The van der Waals surface area contributed by atoms with Crippen molar-refractivity contribution in [3.05, 3.63) is 89.9 Å². The molecule has 3 aromatic rings. The minimum Gasteiger partial charge on any atom is -0.493 e. The van der Waals surface area contributed by atoms with Gasteiger partial charge in [-0.1, -0.05) is 42.5 Å². The standard InChI is InChI=1S/C30H36N2O3/c33-30(28-13-17-34-23-28)32-14-5-9-27(21-32)22-35-29-10-4-8-26(19-29)20-31-15-11-25(12-16-31)18-24-6-2-1-3-7-24/h1-4,6-8,10,13,17,19,23,25,27H,5,9,11-12,14-16,18,20-22H2.